The third-order valence-corrected chi connectivity index (χ3v) is 5.58. The van der Waals surface area contributed by atoms with Crippen molar-refractivity contribution in [1.29, 1.82) is 0 Å². The van der Waals surface area contributed by atoms with Gasteiger partial charge in [0.15, 0.2) is 22.6 Å². The van der Waals surface area contributed by atoms with Gasteiger partial charge in [-0.1, -0.05) is 23.4 Å². The Morgan fingerprint density at radius 2 is 1.78 bits per heavy atom. The van der Waals surface area contributed by atoms with Gasteiger partial charge in [-0.05, 0) is 36.4 Å². The summed E-state index contributed by atoms with van der Waals surface area (Å²) in [7, 11) is 1.70. The van der Waals surface area contributed by atoms with E-state index in [0.29, 0.717) is 34.5 Å². The molecule has 168 valence electrons. The molecule has 0 atom stereocenters. The summed E-state index contributed by atoms with van der Waals surface area (Å²) in [5.74, 6) is -4.92. The Balaban J connectivity index is 1.49. The number of aromatic nitrogens is 3. The van der Waals surface area contributed by atoms with Crippen molar-refractivity contribution >= 4 is 40.9 Å². The summed E-state index contributed by atoms with van der Waals surface area (Å²) in [6.07, 6.45) is 0.398. The molecule has 0 aliphatic carbocycles. The topological polar surface area (TPSA) is 88.9 Å². The number of amides is 2. The molecule has 3 rings (SSSR count). The molecule has 7 nitrogen and oxygen atoms in total. The molecule has 0 fully saturated rings. The Labute approximate surface area is 190 Å². The van der Waals surface area contributed by atoms with E-state index in [9.17, 15) is 22.8 Å². The molecule has 1 aromatic heterocycles. The number of nitrogens with one attached hydrogen (secondary N) is 2. The zero-order valence-electron chi connectivity index (χ0n) is 16.7. The van der Waals surface area contributed by atoms with Crippen LogP contribution < -0.4 is 10.6 Å². The molecular weight excluding hydrogens is 467 g/mol. The number of nitrogens with zero attached hydrogens (tertiary/aromatic N) is 3. The summed E-state index contributed by atoms with van der Waals surface area (Å²) in [6, 6.07) is 8.15. The largest absolute Gasteiger partial charge is 0.352 e. The van der Waals surface area contributed by atoms with E-state index < -0.39 is 29.0 Å². The van der Waals surface area contributed by atoms with Crippen LogP contribution in [0.15, 0.2) is 41.6 Å². The smallest absolute Gasteiger partial charge is 0.251 e. The van der Waals surface area contributed by atoms with Crippen LogP contribution in [0.3, 0.4) is 0 Å². The van der Waals surface area contributed by atoms with Gasteiger partial charge in [0.2, 0.25) is 5.91 Å². The molecule has 12 heteroatoms. The van der Waals surface area contributed by atoms with Gasteiger partial charge >= 0.3 is 0 Å². The molecule has 2 N–H and O–H groups in total. The second-order valence-electron chi connectivity index (χ2n) is 6.53. The van der Waals surface area contributed by atoms with Gasteiger partial charge < -0.3 is 15.2 Å². The molecule has 0 radical (unpaired) electrons. The fourth-order valence-electron chi connectivity index (χ4n) is 2.62. The third-order valence-electron chi connectivity index (χ3n) is 4.31. The number of rotatable bonds is 8. The van der Waals surface area contributed by atoms with Crippen molar-refractivity contribution in [3.63, 3.8) is 0 Å². The average molecular weight is 484 g/mol. The Morgan fingerprint density at radius 3 is 2.50 bits per heavy atom. The average Bonchev–Trinajstić information content (AvgIpc) is 3.12. The predicted molar refractivity (Wildman–Crippen MR) is 114 cm³/mol. The minimum absolute atomic E-state index is 0.155. The van der Waals surface area contributed by atoms with Crippen LogP contribution in [0.25, 0.3) is 0 Å². The minimum Gasteiger partial charge on any atom is -0.352 e. The first-order valence-corrected chi connectivity index (χ1v) is 10.6. The van der Waals surface area contributed by atoms with Crippen LogP contribution in [0.5, 0.6) is 0 Å². The van der Waals surface area contributed by atoms with E-state index in [-0.39, 0.29) is 11.7 Å². The molecule has 0 aliphatic rings. The first-order valence-electron chi connectivity index (χ1n) is 9.24. The number of carbonyl (C=O) groups excluding carboxylic acids is 2. The molecule has 0 bridgehead atoms. The molecule has 0 aliphatic heterocycles. The van der Waals surface area contributed by atoms with Crippen molar-refractivity contribution in [3.05, 3.63) is 70.3 Å². The van der Waals surface area contributed by atoms with E-state index in [2.05, 4.69) is 20.8 Å². The van der Waals surface area contributed by atoms with Crippen molar-refractivity contribution in [2.75, 3.05) is 17.6 Å². The summed E-state index contributed by atoms with van der Waals surface area (Å²) in [5.41, 5.74) is 0.0247. The number of anilines is 1. The van der Waals surface area contributed by atoms with E-state index in [1.807, 2.05) is 0 Å². The van der Waals surface area contributed by atoms with Crippen molar-refractivity contribution in [3.8, 4) is 0 Å². The van der Waals surface area contributed by atoms with E-state index in [0.717, 1.165) is 23.9 Å². The van der Waals surface area contributed by atoms with E-state index in [4.69, 9.17) is 11.6 Å². The molecule has 2 aromatic carbocycles. The Morgan fingerprint density at radius 1 is 1.06 bits per heavy atom. The minimum atomic E-state index is -1.66. The van der Waals surface area contributed by atoms with E-state index in [1.54, 1.807) is 35.9 Å². The molecule has 0 unspecified atom stereocenters. The lowest BCUT2D eigenvalue weighted by Crippen LogP contribution is -2.26. The van der Waals surface area contributed by atoms with Gasteiger partial charge in [0.25, 0.3) is 5.91 Å². The van der Waals surface area contributed by atoms with Crippen LogP contribution >= 0.6 is 23.4 Å². The summed E-state index contributed by atoms with van der Waals surface area (Å²) < 4.78 is 41.5. The summed E-state index contributed by atoms with van der Waals surface area (Å²) in [5, 5.41) is 13.9. The first kappa shape index (κ1) is 23.6. The lowest BCUT2D eigenvalue weighted by Gasteiger charge is -2.08. The van der Waals surface area contributed by atoms with Gasteiger partial charge in [0, 0.05) is 30.6 Å². The molecule has 3 aromatic rings. The van der Waals surface area contributed by atoms with Crippen molar-refractivity contribution in [2.45, 2.75) is 11.6 Å². The lowest BCUT2D eigenvalue weighted by atomic mass is 10.2. The van der Waals surface area contributed by atoms with Gasteiger partial charge in [0.1, 0.15) is 5.82 Å². The number of carbonyl (C=O) groups is 2. The Kier molecular flexibility index (Phi) is 7.75. The maximum absolute atomic E-state index is 13.7. The molecule has 1 heterocycles. The zero-order valence-corrected chi connectivity index (χ0v) is 18.2. The Hall–Kier alpha value is -3.05. The molecule has 2 amide bonds. The molecule has 0 saturated carbocycles. The third kappa shape index (κ3) is 5.80. The van der Waals surface area contributed by atoms with Gasteiger partial charge in [-0.15, -0.1) is 10.2 Å². The molecule has 0 spiro atoms. The van der Waals surface area contributed by atoms with Crippen LogP contribution in [0, 0.1) is 17.5 Å². The second-order valence-corrected chi connectivity index (χ2v) is 7.91. The van der Waals surface area contributed by atoms with Crippen LogP contribution in [0.4, 0.5) is 18.9 Å². The maximum atomic E-state index is 13.7. The highest BCUT2D eigenvalue weighted by Gasteiger charge is 2.17. The molecular formula is C20H17ClF3N5O2S. The van der Waals surface area contributed by atoms with Crippen LogP contribution in [-0.2, 0) is 18.3 Å². The monoisotopic (exact) mass is 483 g/mol. The van der Waals surface area contributed by atoms with Gasteiger partial charge in [-0.2, -0.15) is 0 Å². The number of benzene rings is 2. The molecule has 32 heavy (non-hydrogen) atoms. The normalized spacial score (nSPS) is 10.8. The highest BCUT2D eigenvalue weighted by Crippen LogP contribution is 2.21. The van der Waals surface area contributed by atoms with Crippen LogP contribution in [0.1, 0.15) is 16.2 Å². The number of halogens is 4. The lowest BCUT2D eigenvalue weighted by molar-refractivity contribution is -0.113. The SMILES string of the molecule is Cn1c(CCNC(=O)c2ccc(Cl)cc2)nnc1SCC(=O)Nc1ccc(F)c(F)c1F. The van der Waals surface area contributed by atoms with E-state index >= 15 is 0 Å². The summed E-state index contributed by atoms with van der Waals surface area (Å²) in [4.78, 5) is 24.1. The summed E-state index contributed by atoms with van der Waals surface area (Å²) >= 11 is 6.84. The van der Waals surface area contributed by atoms with Crippen molar-refractivity contribution in [2.24, 2.45) is 7.05 Å². The number of hydrogen-bond acceptors (Lipinski definition) is 5. The zero-order chi connectivity index (χ0) is 23.3. The van der Waals surface area contributed by atoms with Gasteiger partial charge in [-0.3, -0.25) is 9.59 Å². The first-order chi connectivity index (χ1) is 15.3. The highest BCUT2D eigenvalue weighted by atomic mass is 35.5. The van der Waals surface area contributed by atoms with E-state index in [1.165, 1.54) is 0 Å². The summed E-state index contributed by atoms with van der Waals surface area (Å²) in [6.45, 7) is 0.313. The quantitative estimate of drug-likeness (QED) is 0.377. The fourth-order valence-corrected chi connectivity index (χ4v) is 3.47. The second kappa shape index (κ2) is 10.5. The van der Waals surface area contributed by atoms with Crippen molar-refractivity contribution < 1.29 is 22.8 Å². The maximum Gasteiger partial charge on any atom is 0.251 e. The number of thioether (sulfide) groups is 1. The Bertz CT molecular complexity index is 1140. The fraction of sp³-hybridized carbons (Fsp3) is 0.200. The predicted octanol–water partition coefficient (Wildman–Crippen LogP) is 3.59. The van der Waals surface area contributed by atoms with Crippen LogP contribution in [-0.4, -0.2) is 38.9 Å². The molecule has 0 saturated heterocycles. The highest BCUT2D eigenvalue weighted by molar-refractivity contribution is 7.99. The standard InChI is InChI=1S/C20H17ClF3N5O2S/c1-29-15(8-9-25-19(31)11-2-4-12(21)5-3-11)27-28-20(29)32-10-16(30)26-14-7-6-13(22)17(23)18(14)24/h2-7H,8-10H2,1H3,(H,25,31)(H,26,30). The number of hydrogen-bond donors (Lipinski definition) is 2. The van der Waals surface area contributed by atoms with Gasteiger partial charge in [0.05, 0.1) is 11.4 Å². The van der Waals surface area contributed by atoms with Crippen LogP contribution in [0.2, 0.25) is 5.02 Å². The van der Waals surface area contributed by atoms with Crippen molar-refractivity contribution in [1.82, 2.24) is 20.1 Å². The van der Waals surface area contributed by atoms with Gasteiger partial charge in [-0.25, -0.2) is 13.2 Å².